The predicted molar refractivity (Wildman–Crippen MR) is 80.3 cm³/mol. The van der Waals surface area contributed by atoms with E-state index in [1.807, 2.05) is 7.05 Å². The van der Waals surface area contributed by atoms with Crippen LogP contribution in [0.1, 0.15) is 36.1 Å². The molecule has 1 aliphatic heterocycles. The molecule has 1 aromatic carbocycles. The zero-order valence-corrected chi connectivity index (χ0v) is 12.6. The molecule has 0 bridgehead atoms. The zero-order chi connectivity index (χ0) is 15.1. The highest BCUT2D eigenvalue weighted by Gasteiger charge is 2.51. The standard InChI is InChI=1S/C17H23NO2/c1-6-17(20)10-15(18(5)11-16(17,4)19)14-8-7-12(2)9-13(14)3/h1,7-9,15,19-20H,10-11H2,2-5H3. The van der Waals surface area contributed by atoms with E-state index in [1.165, 1.54) is 11.1 Å². The summed E-state index contributed by atoms with van der Waals surface area (Å²) in [4.78, 5) is 2.06. The van der Waals surface area contributed by atoms with E-state index < -0.39 is 11.2 Å². The van der Waals surface area contributed by atoms with Gasteiger partial charge in [-0.3, -0.25) is 4.90 Å². The molecule has 3 atom stereocenters. The van der Waals surface area contributed by atoms with Gasteiger partial charge in [0.25, 0.3) is 0 Å². The van der Waals surface area contributed by atoms with Crippen molar-refractivity contribution in [3.63, 3.8) is 0 Å². The molecule has 1 fully saturated rings. The van der Waals surface area contributed by atoms with Crippen LogP contribution in [0.5, 0.6) is 0 Å². The topological polar surface area (TPSA) is 43.7 Å². The fourth-order valence-electron chi connectivity index (χ4n) is 3.14. The van der Waals surface area contributed by atoms with E-state index >= 15 is 0 Å². The van der Waals surface area contributed by atoms with Crippen LogP contribution in [-0.2, 0) is 0 Å². The van der Waals surface area contributed by atoms with Crippen molar-refractivity contribution >= 4 is 0 Å². The molecule has 0 radical (unpaired) electrons. The van der Waals surface area contributed by atoms with Crippen LogP contribution in [0.2, 0.25) is 0 Å². The predicted octanol–water partition coefficient (Wildman–Crippen LogP) is 1.80. The number of nitrogens with zero attached hydrogens (tertiary/aromatic N) is 1. The first-order valence-electron chi connectivity index (χ1n) is 6.90. The smallest absolute Gasteiger partial charge is 0.156 e. The van der Waals surface area contributed by atoms with Crippen LogP contribution in [0.3, 0.4) is 0 Å². The SMILES string of the molecule is C#CC1(O)CC(c2ccc(C)cc2C)N(C)CC1(C)O. The maximum Gasteiger partial charge on any atom is 0.156 e. The van der Waals surface area contributed by atoms with Crippen LogP contribution in [0, 0.1) is 26.2 Å². The van der Waals surface area contributed by atoms with E-state index in [0.29, 0.717) is 13.0 Å². The summed E-state index contributed by atoms with van der Waals surface area (Å²) in [5.74, 6) is 2.40. The number of hydrogen-bond donors (Lipinski definition) is 2. The van der Waals surface area contributed by atoms with Gasteiger partial charge in [-0.25, -0.2) is 0 Å². The van der Waals surface area contributed by atoms with E-state index in [9.17, 15) is 10.2 Å². The Bertz CT molecular complexity index is 559. The summed E-state index contributed by atoms with van der Waals surface area (Å²) in [6.07, 6.45) is 5.81. The lowest BCUT2D eigenvalue weighted by Gasteiger charge is -2.49. The zero-order valence-electron chi connectivity index (χ0n) is 12.6. The highest BCUT2D eigenvalue weighted by atomic mass is 16.4. The molecule has 0 aliphatic carbocycles. The average Bonchev–Trinajstić information content (AvgIpc) is 2.34. The summed E-state index contributed by atoms with van der Waals surface area (Å²) in [5, 5.41) is 21.0. The first-order valence-corrected chi connectivity index (χ1v) is 6.90. The van der Waals surface area contributed by atoms with Crippen molar-refractivity contribution in [1.29, 1.82) is 0 Å². The first kappa shape index (κ1) is 15.1. The minimum absolute atomic E-state index is 0.0110. The number of β-amino-alcohol motifs (C(OH)–C–C–N with tert-alkyl or cyclic N) is 1. The lowest BCUT2D eigenvalue weighted by atomic mass is 9.74. The molecule has 3 unspecified atom stereocenters. The Morgan fingerprint density at radius 2 is 2.00 bits per heavy atom. The van der Waals surface area contributed by atoms with Gasteiger partial charge in [0.15, 0.2) is 5.60 Å². The van der Waals surface area contributed by atoms with Gasteiger partial charge in [-0.05, 0) is 38.9 Å². The third kappa shape index (κ3) is 2.35. The van der Waals surface area contributed by atoms with Gasteiger partial charge in [0.05, 0.1) is 0 Å². The summed E-state index contributed by atoms with van der Waals surface area (Å²) in [6.45, 7) is 6.06. The lowest BCUT2D eigenvalue weighted by molar-refractivity contribution is -0.160. The van der Waals surface area contributed by atoms with E-state index in [2.05, 4.69) is 42.9 Å². The summed E-state index contributed by atoms with van der Waals surface area (Å²) < 4.78 is 0. The van der Waals surface area contributed by atoms with Gasteiger partial charge in [0.2, 0.25) is 0 Å². The molecule has 1 saturated heterocycles. The van der Waals surface area contributed by atoms with Crippen molar-refractivity contribution in [2.45, 2.75) is 44.4 Å². The Kier molecular flexibility index (Phi) is 3.68. The quantitative estimate of drug-likeness (QED) is 0.767. The largest absolute Gasteiger partial charge is 0.385 e. The van der Waals surface area contributed by atoms with Crippen molar-refractivity contribution in [1.82, 2.24) is 4.90 Å². The minimum Gasteiger partial charge on any atom is -0.385 e. The number of rotatable bonds is 1. The lowest BCUT2D eigenvalue weighted by Crippen LogP contribution is -2.62. The molecular weight excluding hydrogens is 250 g/mol. The van der Waals surface area contributed by atoms with Crippen molar-refractivity contribution in [2.24, 2.45) is 0 Å². The van der Waals surface area contributed by atoms with Crippen molar-refractivity contribution in [3.8, 4) is 12.3 Å². The number of terminal acetylenes is 1. The molecule has 3 heteroatoms. The van der Waals surface area contributed by atoms with Gasteiger partial charge >= 0.3 is 0 Å². The number of piperidine rings is 1. The number of benzene rings is 1. The molecule has 3 nitrogen and oxygen atoms in total. The van der Waals surface area contributed by atoms with Crippen LogP contribution in [0.15, 0.2) is 18.2 Å². The van der Waals surface area contributed by atoms with Crippen LogP contribution in [0.25, 0.3) is 0 Å². The maximum atomic E-state index is 10.6. The Labute approximate surface area is 121 Å². The number of aryl methyl sites for hydroxylation is 2. The van der Waals surface area contributed by atoms with Crippen molar-refractivity contribution < 1.29 is 10.2 Å². The molecule has 108 valence electrons. The van der Waals surface area contributed by atoms with Crippen LogP contribution >= 0.6 is 0 Å². The Hall–Kier alpha value is -1.34. The van der Waals surface area contributed by atoms with Crippen molar-refractivity contribution in [3.05, 3.63) is 34.9 Å². The fraction of sp³-hybridized carbons (Fsp3) is 0.529. The summed E-state index contributed by atoms with van der Waals surface area (Å²) in [7, 11) is 1.95. The second-order valence-corrected chi connectivity index (χ2v) is 6.27. The van der Waals surface area contributed by atoms with Gasteiger partial charge in [0, 0.05) is 19.0 Å². The van der Waals surface area contributed by atoms with E-state index in [4.69, 9.17) is 6.42 Å². The first-order chi connectivity index (χ1) is 9.20. The van der Waals surface area contributed by atoms with Crippen LogP contribution in [0.4, 0.5) is 0 Å². The van der Waals surface area contributed by atoms with Crippen LogP contribution in [-0.4, -0.2) is 39.9 Å². The second kappa shape index (κ2) is 4.89. The summed E-state index contributed by atoms with van der Waals surface area (Å²) in [6, 6.07) is 6.29. The molecule has 20 heavy (non-hydrogen) atoms. The minimum atomic E-state index is -1.50. The highest BCUT2D eigenvalue weighted by Crippen LogP contribution is 2.41. The number of likely N-dealkylation sites (tertiary alicyclic amines) is 1. The molecule has 0 amide bonds. The number of aliphatic hydroxyl groups is 2. The van der Waals surface area contributed by atoms with E-state index in [0.717, 1.165) is 5.56 Å². The van der Waals surface area contributed by atoms with E-state index in [-0.39, 0.29) is 6.04 Å². The molecule has 2 N–H and O–H groups in total. The molecular formula is C17H23NO2. The maximum absolute atomic E-state index is 10.6. The number of likely N-dealkylation sites (N-methyl/N-ethyl adjacent to an activating group) is 1. The van der Waals surface area contributed by atoms with E-state index in [1.54, 1.807) is 6.92 Å². The van der Waals surface area contributed by atoms with Gasteiger partial charge in [-0.2, -0.15) is 0 Å². The van der Waals surface area contributed by atoms with Gasteiger partial charge < -0.3 is 10.2 Å². The fourth-order valence-corrected chi connectivity index (χ4v) is 3.14. The number of hydrogen-bond acceptors (Lipinski definition) is 3. The monoisotopic (exact) mass is 273 g/mol. The molecule has 0 spiro atoms. The Morgan fingerprint density at radius 3 is 2.55 bits per heavy atom. The van der Waals surface area contributed by atoms with Gasteiger partial charge in [-0.1, -0.05) is 29.7 Å². The Morgan fingerprint density at radius 1 is 1.35 bits per heavy atom. The molecule has 1 aliphatic rings. The molecule has 1 aromatic rings. The Balaban J connectivity index is 2.41. The van der Waals surface area contributed by atoms with Gasteiger partial charge in [0.1, 0.15) is 5.60 Å². The molecule has 0 saturated carbocycles. The summed E-state index contributed by atoms with van der Waals surface area (Å²) in [5.41, 5.74) is 0.751. The van der Waals surface area contributed by atoms with Gasteiger partial charge in [-0.15, -0.1) is 6.42 Å². The third-order valence-electron chi connectivity index (χ3n) is 4.49. The normalized spacial score (nSPS) is 34.8. The van der Waals surface area contributed by atoms with Crippen molar-refractivity contribution in [2.75, 3.05) is 13.6 Å². The highest BCUT2D eigenvalue weighted by molar-refractivity contribution is 5.35. The molecule has 1 heterocycles. The van der Waals surface area contributed by atoms with Crippen LogP contribution < -0.4 is 0 Å². The molecule has 0 aromatic heterocycles. The summed E-state index contributed by atoms with van der Waals surface area (Å²) >= 11 is 0. The third-order valence-corrected chi connectivity index (χ3v) is 4.49. The average molecular weight is 273 g/mol. The molecule has 2 rings (SSSR count). The second-order valence-electron chi connectivity index (χ2n) is 6.27.